The van der Waals surface area contributed by atoms with E-state index in [2.05, 4.69) is 15.1 Å². The minimum absolute atomic E-state index is 0. The van der Waals surface area contributed by atoms with Gasteiger partial charge in [-0.2, -0.15) is 0 Å². The molecule has 0 spiro atoms. The number of hydrogen-bond acceptors (Lipinski definition) is 4. The summed E-state index contributed by atoms with van der Waals surface area (Å²) < 4.78 is 23.5. The first-order chi connectivity index (χ1) is 10.4. The fraction of sp³-hybridized carbons (Fsp3) is 0.933. The van der Waals surface area contributed by atoms with Gasteiger partial charge in [0.2, 0.25) is 0 Å². The van der Waals surface area contributed by atoms with Crippen LogP contribution < -0.4 is 5.32 Å². The molecule has 6 nitrogen and oxygen atoms in total. The number of hydrogen-bond donors (Lipinski definition) is 1. The van der Waals surface area contributed by atoms with E-state index in [0.29, 0.717) is 13.1 Å². The van der Waals surface area contributed by atoms with Gasteiger partial charge in [0.05, 0.1) is 17.0 Å². The van der Waals surface area contributed by atoms with Gasteiger partial charge in [0, 0.05) is 26.2 Å². The standard InChI is InChI=1S/C15H30N4O2S.HI/c1-4-16-14(17-7-10-18-8-5-6-9-18)19-11-12-22(20,21)15(2,3)13-19;/h4-13H2,1-3H3,(H,16,17);1H. The zero-order valence-electron chi connectivity index (χ0n) is 14.5. The molecule has 0 bridgehead atoms. The monoisotopic (exact) mass is 458 g/mol. The van der Waals surface area contributed by atoms with Crippen LogP contribution >= 0.6 is 24.0 Å². The summed E-state index contributed by atoms with van der Waals surface area (Å²) in [5, 5.41) is 3.31. The van der Waals surface area contributed by atoms with Gasteiger partial charge in [-0.25, -0.2) is 8.42 Å². The van der Waals surface area contributed by atoms with Crippen molar-refractivity contribution in [3.05, 3.63) is 0 Å². The second kappa shape index (κ2) is 8.84. The summed E-state index contributed by atoms with van der Waals surface area (Å²) in [5.41, 5.74) is 0. The van der Waals surface area contributed by atoms with Crippen LogP contribution in [0.25, 0.3) is 0 Å². The lowest BCUT2D eigenvalue weighted by Crippen LogP contribution is -2.57. The molecule has 2 heterocycles. The molecule has 0 aromatic carbocycles. The van der Waals surface area contributed by atoms with E-state index >= 15 is 0 Å². The van der Waals surface area contributed by atoms with E-state index in [1.165, 1.54) is 25.9 Å². The minimum Gasteiger partial charge on any atom is -0.357 e. The summed E-state index contributed by atoms with van der Waals surface area (Å²) in [6.07, 6.45) is 2.59. The SMILES string of the molecule is CCNC(=NCCN1CCCC1)N1CCS(=O)(=O)C(C)(C)C1.I. The molecule has 0 amide bonds. The van der Waals surface area contributed by atoms with Gasteiger partial charge >= 0.3 is 0 Å². The van der Waals surface area contributed by atoms with E-state index in [1.807, 2.05) is 20.8 Å². The van der Waals surface area contributed by atoms with Gasteiger partial charge in [-0.1, -0.05) is 0 Å². The van der Waals surface area contributed by atoms with E-state index in [9.17, 15) is 8.42 Å². The second-order valence-electron chi connectivity index (χ2n) is 6.78. The molecule has 2 rings (SSSR count). The second-order valence-corrected chi connectivity index (χ2v) is 9.53. The lowest BCUT2D eigenvalue weighted by atomic mass is 10.2. The third kappa shape index (κ3) is 5.45. The Labute approximate surface area is 158 Å². The van der Waals surface area contributed by atoms with E-state index in [4.69, 9.17) is 4.99 Å². The summed E-state index contributed by atoms with van der Waals surface area (Å²) in [6, 6.07) is 0. The predicted octanol–water partition coefficient (Wildman–Crippen LogP) is 1.17. The molecule has 0 radical (unpaired) electrons. The van der Waals surface area contributed by atoms with Gasteiger partial charge in [0.25, 0.3) is 0 Å². The van der Waals surface area contributed by atoms with Crippen LogP contribution in [0.2, 0.25) is 0 Å². The zero-order chi connectivity index (χ0) is 16.2. The molecular weight excluding hydrogens is 427 g/mol. The Balaban J connectivity index is 0.00000264. The zero-order valence-corrected chi connectivity index (χ0v) is 17.7. The Morgan fingerprint density at radius 1 is 1.22 bits per heavy atom. The molecule has 2 aliphatic heterocycles. The summed E-state index contributed by atoms with van der Waals surface area (Å²) in [7, 11) is -3.01. The van der Waals surface area contributed by atoms with Crippen LogP contribution in [0.3, 0.4) is 0 Å². The van der Waals surface area contributed by atoms with Crippen LogP contribution in [0.5, 0.6) is 0 Å². The molecular formula is C15H31IN4O2S. The van der Waals surface area contributed by atoms with Crippen molar-refractivity contribution in [3.63, 3.8) is 0 Å². The normalized spacial score (nSPS) is 24.3. The van der Waals surface area contributed by atoms with E-state index < -0.39 is 14.6 Å². The number of nitrogens with zero attached hydrogens (tertiary/aromatic N) is 3. The molecule has 0 aliphatic carbocycles. The summed E-state index contributed by atoms with van der Waals surface area (Å²) in [6.45, 7) is 11.6. The van der Waals surface area contributed by atoms with Gasteiger partial charge < -0.3 is 15.1 Å². The van der Waals surface area contributed by atoms with E-state index in [-0.39, 0.29) is 29.7 Å². The van der Waals surface area contributed by atoms with Crippen molar-refractivity contribution in [2.45, 2.75) is 38.4 Å². The first-order valence-corrected chi connectivity index (χ1v) is 9.99. The third-order valence-corrected chi connectivity index (χ3v) is 7.09. The summed E-state index contributed by atoms with van der Waals surface area (Å²) in [4.78, 5) is 9.24. The van der Waals surface area contributed by atoms with Gasteiger partial charge in [0.15, 0.2) is 15.8 Å². The van der Waals surface area contributed by atoms with Crippen molar-refractivity contribution < 1.29 is 8.42 Å². The van der Waals surface area contributed by atoms with Gasteiger partial charge in [-0.05, 0) is 46.7 Å². The van der Waals surface area contributed by atoms with Crippen LogP contribution in [0, 0.1) is 0 Å². The highest BCUT2D eigenvalue weighted by molar-refractivity contribution is 14.0. The van der Waals surface area contributed by atoms with Gasteiger partial charge in [-0.15, -0.1) is 24.0 Å². The average molecular weight is 458 g/mol. The fourth-order valence-corrected chi connectivity index (χ4v) is 4.42. The highest BCUT2D eigenvalue weighted by Crippen LogP contribution is 2.23. The van der Waals surface area contributed by atoms with E-state index in [0.717, 1.165) is 25.6 Å². The Kier molecular flexibility index (Phi) is 8.06. The van der Waals surface area contributed by atoms with Crippen LogP contribution in [0.1, 0.15) is 33.6 Å². The number of rotatable bonds is 4. The average Bonchev–Trinajstić information content (AvgIpc) is 2.94. The number of guanidine groups is 1. The molecule has 23 heavy (non-hydrogen) atoms. The lowest BCUT2D eigenvalue weighted by molar-refractivity contribution is 0.340. The molecule has 2 saturated heterocycles. The Bertz CT molecular complexity index is 502. The predicted molar refractivity (Wildman–Crippen MR) is 107 cm³/mol. The van der Waals surface area contributed by atoms with Gasteiger partial charge in [0.1, 0.15) is 0 Å². The van der Waals surface area contributed by atoms with Crippen molar-refractivity contribution >= 4 is 39.8 Å². The molecule has 2 aliphatic rings. The first kappa shape index (κ1) is 21.0. The van der Waals surface area contributed by atoms with Crippen molar-refractivity contribution in [1.29, 1.82) is 0 Å². The molecule has 0 atom stereocenters. The molecule has 0 unspecified atom stereocenters. The maximum absolute atomic E-state index is 12.1. The highest BCUT2D eigenvalue weighted by atomic mass is 127. The molecule has 2 fully saturated rings. The van der Waals surface area contributed by atoms with Gasteiger partial charge in [-0.3, -0.25) is 4.99 Å². The molecule has 0 saturated carbocycles. The lowest BCUT2D eigenvalue weighted by Gasteiger charge is -2.39. The highest BCUT2D eigenvalue weighted by Gasteiger charge is 2.40. The largest absolute Gasteiger partial charge is 0.357 e. The van der Waals surface area contributed by atoms with Crippen LogP contribution in [-0.2, 0) is 9.84 Å². The number of nitrogens with one attached hydrogen (secondary N) is 1. The van der Waals surface area contributed by atoms with Crippen molar-refractivity contribution in [3.8, 4) is 0 Å². The Morgan fingerprint density at radius 3 is 2.43 bits per heavy atom. The number of sulfone groups is 1. The van der Waals surface area contributed by atoms with Crippen molar-refractivity contribution in [2.24, 2.45) is 4.99 Å². The van der Waals surface area contributed by atoms with Crippen LogP contribution in [0.15, 0.2) is 4.99 Å². The Hall–Kier alpha value is -0.0900. The fourth-order valence-electron chi connectivity index (χ4n) is 3.05. The van der Waals surface area contributed by atoms with Crippen molar-refractivity contribution in [2.75, 3.05) is 51.6 Å². The number of aliphatic imine (C=N–C) groups is 1. The molecule has 8 heteroatoms. The third-order valence-electron chi connectivity index (χ3n) is 4.55. The summed E-state index contributed by atoms with van der Waals surface area (Å²) >= 11 is 0. The van der Waals surface area contributed by atoms with E-state index in [1.54, 1.807) is 0 Å². The quantitative estimate of drug-likeness (QED) is 0.390. The summed E-state index contributed by atoms with van der Waals surface area (Å²) in [5.74, 6) is 1.06. The van der Waals surface area contributed by atoms with Crippen molar-refractivity contribution in [1.82, 2.24) is 15.1 Å². The smallest absolute Gasteiger partial charge is 0.194 e. The number of halogens is 1. The van der Waals surface area contributed by atoms with Crippen LogP contribution in [0.4, 0.5) is 0 Å². The molecule has 136 valence electrons. The molecule has 0 aromatic heterocycles. The Morgan fingerprint density at radius 2 is 1.87 bits per heavy atom. The maximum atomic E-state index is 12.1. The first-order valence-electron chi connectivity index (χ1n) is 8.33. The maximum Gasteiger partial charge on any atom is 0.194 e. The minimum atomic E-state index is -3.01. The topological polar surface area (TPSA) is 65.0 Å². The molecule has 0 aromatic rings. The number of likely N-dealkylation sites (tertiary alicyclic amines) is 1. The van der Waals surface area contributed by atoms with Crippen LogP contribution in [-0.4, -0.2) is 80.5 Å². The molecule has 1 N–H and O–H groups in total.